The molecule has 0 radical (unpaired) electrons. The lowest BCUT2D eigenvalue weighted by Gasteiger charge is -2.13. The van der Waals surface area contributed by atoms with Crippen molar-refractivity contribution in [1.29, 1.82) is 5.41 Å². The molecular formula is C20H23ClN6O. The van der Waals surface area contributed by atoms with Gasteiger partial charge >= 0.3 is 0 Å². The molecule has 7 nitrogen and oxygen atoms in total. The van der Waals surface area contributed by atoms with E-state index < -0.39 is 0 Å². The van der Waals surface area contributed by atoms with Gasteiger partial charge in [-0.1, -0.05) is 18.5 Å². The Labute approximate surface area is 168 Å². The van der Waals surface area contributed by atoms with Gasteiger partial charge in [-0.25, -0.2) is 9.97 Å². The Balaban J connectivity index is 2.00. The third-order valence-electron chi connectivity index (χ3n) is 4.12. The number of fused-ring (bicyclic) bond motifs is 1. The smallest absolute Gasteiger partial charge is 0.255 e. The first kappa shape index (κ1) is 19.8. The zero-order valence-corrected chi connectivity index (χ0v) is 16.8. The van der Waals surface area contributed by atoms with Gasteiger partial charge in [0, 0.05) is 35.1 Å². The second kappa shape index (κ2) is 8.39. The molecule has 1 amide bonds. The molecule has 2 aromatic heterocycles. The van der Waals surface area contributed by atoms with Crippen LogP contribution in [0.5, 0.6) is 0 Å². The van der Waals surface area contributed by atoms with Crippen LogP contribution in [0.2, 0.25) is 5.02 Å². The molecule has 2 heterocycles. The van der Waals surface area contributed by atoms with E-state index >= 15 is 0 Å². The van der Waals surface area contributed by atoms with Crippen LogP contribution in [0.4, 0.5) is 5.69 Å². The SMILES string of the molecule is CCCNc1cc(Cl)ccc1C(=N)c1cnc2[nH]cc(C(=O)NC(C)C)c2n1. The summed E-state index contributed by atoms with van der Waals surface area (Å²) in [6.07, 6.45) is 4.07. The number of carbonyl (C=O) groups excluding carboxylic acids is 1. The molecule has 8 heteroatoms. The molecule has 0 fully saturated rings. The summed E-state index contributed by atoms with van der Waals surface area (Å²) in [5.74, 6) is -0.226. The summed E-state index contributed by atoms with van der Waals surface area (Å²) in [4.78, 5) is 24.3. The lowest BCUT2D eigenvalue weighted by molar-refractivity contribution is 0.0944. The minimum Gasteiger partial charge on any atom is -0.384 e. The van der Waals surface area contributed by atoms with Crippen molar-refractivity contribution in [3.05, 3.63) is 52.4 Å². The Kier molecular flexibility index (Phi) is 5.94. The third kappa shape index (κ3) is 4.14. The second-order valence-corrected chi connectivity index (χ2v) is 7.21. The summed E-state index contributed by atoms with van der Waals surface area (Å²) in [6.45, 7) is 6.62. The van der Waals surface area contributed by atoms with Crippen LogP contribution in [0.3, 0.4) is 0 Å². The molecule has 4 N–H and O–H groups in total. The average molecular weight is 399 g/mol. The highest BCUT2D eigenvalue weighted by Gasteiger charge is 2.18. The predicted octanol–water partition coefficient (Wildman–Crippen LogP) is 3.99. The lowest BCUT2D eigenvalue weighted by atomic mass is 10.0. The van der Waals surface area contributed by atoms with Crippen molar-refractivity contribution in [2.75, 3.05) is 11.9 Å². The largest absolute Gasteiger partial charge is 0.384 e. The van der Waals surface area contributed by atoms with E-state index in [4.69, 9.17) is 17.0 Å². The Bertz CT molecular complexity index is 1030. The third-order valence-corrected chi connectivity index (χ3v) is 4.35. The quantitative estimate of drug-likeness (QED) is 0.451. The van der Waals surface area contributed by atoms with Crippen LogP contribution in [0, 0.1) is 5.41 Å². The fourth-order valence-electron chi connectivity index (χ4n) is 2.80. The Morgan fingerprint density at radius 3 is 2.82 bits per heavy atom. The van der Waals surface area contributed by atoms with Gasteiger partial charge in [0.25, 0.3) is 5.91 Å². The first-order valence-corrected chi connectivity index (χ1v) is 9.56. The topological polar surface area (TPSA) is 107 Å². The summed E-state index contributed by atoms with van der Waals surface area (Å²) < 4.78 is 0. The van der Waals surface area contributed by atoms with Crippen LogP contribution < -0.4 is 10.6 Å². The molecule has 0 saturated heterocycles. The van der Waals surface area contributed by atoms with E-state index in [1.54, 1.807) is 24.4 Å². The maximum absolute atomic E-state index is 12.4. The number of H-pyrrole nitrogens is 1. The molecule has 0 aliphatic carbocycles. The normalized spacial score (nSPS) is 11.0. The Hall–Kier alpha value is -2.93. The molecule has 0 spiro atoms. The highest BCUT2D eigenvalue weighted by atomic mass is 35.5. The molecule has 0 atom stereocenters. The number of nitrogens with one attached hydrogen (secondary N) is 4. The first-order valence-electron chi connectivity index (χ1n) is 9.18. The van der Waals surface area contributed by atoms with E-state index in [2.05, 4.69) is 32.5 Å². The number of aromatic amines is 1. The molecule has 0 bridgehead atoms. The van der Waals surface area contributed by atoms with Crippen molar-refractivity contribution < 1.29 is 4.79 Å². The molecular weight excluding hydrogens is 376 g/mol. The second-order valence-electron chi connectivity index (χ2n) is 6.77. The minimum absolute atomic E-state index is 0.00755. The van der Waals surface area contributed by atoms with Crippen molar-refractivity contribution in [3.63, 3.8) is 0 Å². The predicted molar refractivity (Wildman–Crippen MR) is 113 cm³/mol. The minimum atomic E-state index is -0.226. The molecule has 3 aromatic rings. The van der Waals surface area contributed by atoms with E-state index in [1.807, 2.05) is 13.8 Å². The fourth-order valence-corrected chi connectivity index (χ4v) is 2.98. The van der Waals surface area contributed by atoms with Gasteiger partial charge in [-0.2, -0.15) is 0 Å². The summed E-state index contributed by atoms with van der Waals surface area (Å²) in [5.41, 5.74) is 3.39. The molecule has 1 aromatic carbocycles. The molecule has 0 unspecified atom stereocenters. The van der Waals surface area contributed by atoms with Crippen LogP contribution in [0.1, 0.15) is 48.8 Å². The van der Waals surface area contributed by atoms with Crippen LogP contribution >= 0.6 is 11.6 Å². The molecule has 28 heavy (non-hydrogen) atoms. The van der Waals surface area contributed by atoms with Gasteiger partial charge in [0.15, 0.2) is 5.65 Å². The van der Waals surface area contributed by atoms with Gasteiger partial charge in [-0.15, -0.1) is 0 Å². The number of halogens is 1. The van der Waals surface area contributed by atoms with Gasteiger partial charge in [-0.3, -0.25) is 10.2 Å². The van der Waals surface area contributed by atoms with Crippen LogP contribution in [-0.2, 0) is 0 Å². The number of rotatable bonds is 7. The van der Waals surface area contributed by atoms with Crippen molar-refractivity contribution in [2.24, 2.45) is 0 Å². The van der Waals surface area contributed by atoms with Gasteiger partial charge in [0.2, 0.25) is 0 Å². The van der Waals surface area contributed by atoms with E-state index in [1.165, 1.54) is 6.20 Å². The molecule has 0 aliphatic heterocycles. The van der Waals surface area contributed by atoms with E-state index in [0.29, 0.717) is 33.0 Å². The maximum Gasteiger partial charge on any atom is 0.255 e. The number of nitrogens with zero attached hydrogens (tertiary/aromatic N) is 2. The van der Waals surface area contributed by atoms with Crippen molar-refractivity contribution in [2.45, 2.75) is 33.2 Å². The summed E-state index contributed by atoms with van der Waals surface area (Å²) >= 11 is 6.12. The van der Waals surface area contributed by atoms with Crippen molar-refractivity contribution in [1.82, 2.24) is 20.3 Å². The monoisotopic (exact) mass is 398 g/mol. The lowest BCUT2D eigenvalue weighted by Crippen LogP contribution is -2.30. The van der Waals surface area contributed by atoms with Crippen molar-refractivity contribution >= 4 is 40.1 Å². The molecule has 0 aliphatic rings. The number of benzene rings is 1. The number of amides is 1. The zero-order chi connectivity index (χ0) is 20.3. The average Bonchev–Trinajstić information content (AvgIpc) is 3.08. The summed E-state index contributed by atoms with van der Waals surface area (Å²) in [7, 11) is 0. The van der Waals surface area contributed by atoms with Crippen LogP contribution in [0.15, 0.2) is 30.6 Å². The Morgan fingerprint density at radius 1 is 1.32 bits per heavy atom. The van der Waals surface area contributed by atoms with Gasteiger partial charge in [0.05, 0.1) is 17.5 Å². The van der Waals surface area contributed by atoms with E-state index in [0.717, 1.165) is 18.7 Å². The van der Waals surface area contributed by atoms with Gasteiger partial charge in [0.1, 0.15) is 11.2 Å². The van der Waals surface area contributed by atoms with Crippen LogP contribution in [-0.4, -0.2) is 39.2 Å². The number of hydrogen-bond donors (Lipinski definition) is 4. The maximum atomic E-state index is 12.4. The Morgan fingerprint density at radius 2 is 2.11 bits per heavy atom. The molecule has 0 saturated carbocycles. The number of aromatic nitrogens is 3. The number of carbonyl (C=O) groups is 1. The van der Waals surface area contributed by atoms with E-state index in [-0.39, 0.29) is 17.7 Å². The summed E-state index contributed by atoms with van der Waals surface area (Å²) in [6, 6.07) is 5.34. The fraction of sp³-hybridized carbons (Fsp3) is 0.300. The highest BCUT2D eigenvalue weighted by Crippen LogP contribution is 2.24. The van der Waals surface area contributed by atoms with Crippen molar-refractivity contribution in [3.8, 4) is 0 Å². The van der Waals surface area contributed by atoms with Gasteiger partial charge in [-0.05, 0) is 38.5 Å². The standard InChI is InChI=1S/C20H23ClN6O/c1-4-7-23-15-8-12(21)5-6-13(15)17(22)16-10-25-19-18(27-16)14(9-24-19)20(28)26-11(2)3/h5-6,8-11,22-23H,4,7H2,1-3H3,(H,24,25)(H,26,28). The molecule has 3 rings (SSSR count). The van der Waals surface area contributed by atoms with Gasteiger partial charge < -0.3 is 15.6 Å². The number of hydrogen-bond acceptors (Lipinski definition) is 5. The zero-order valence-electron chi connectivity index (χ0n) is 16.1. The summed E-state index contributed by atoms with van der Waals surface area (Å²) in [5, 5.41) is 15.4. The molecule has 146 valence electrons. The van der Waals surface area contributed by atoms with Crippen LogP contribution in [0.25, 0.3) is 11.2 Å². The number of anilines is 1. The van der Waals surface area contributed by atoms with E-state index in [9.17, 15) is 4.79 Å². The first-order chi connectivity index (χ1) is 13.4. The highest BCUT2D eigenvalue weighted by molar-refractivity contribution is 6.31.